The van der Waals surface area contributed by atoms with Gasteiger partial charge in [-0.05, 0) is 36.4 Å². The van der Waals surface area contributed by atoms with Crippen LogP contribution in [0, 0.1) is 5.82 Å². The van der Waals surface area contributed by atoms with Crippen LogP contribution >= 0.6 is 34.5 Å². The van der Waals surface area contributed by atoms with E-state index < -0.39 is 0 Å². The maximum Gasteiger partial charge on any atom is 0.238 e. The number of carbonyl (C=O) groups is 1. The highest BCUT2D eigenvalue weighted by molar-refractivity contribution is 7.14. The Kier molecular flexibility index (Phi) is 6.53. The summed E-state index contributed by atoms with van der Waals surface area (Å²) in [5.41, 5.74) is 2.26. The molecule has 0 saturated carbocycles. The number of rotatable bonds is 5. The van der Waals surface area contributed by atoms with Crippen LogP contribution in [0.1, 0.15) is 0 Å². The summed E-state index contributed by atoms with van der Waals surface area (Å²) in [6, 6.07) is 11.5. The van der Waals surface area contributed by atoms with Gasteiger partial charge in [-0.3, -0.25) is 9.69 Å². The van der Waals surface area contributed by atoms with E-state index in [0.29, 0.717) is 15.7 Å². The molecule has 1 saturated heterocycles. The first-order chi connectivity index (χ1) is 14.5. The zero-order valence-corrected chi connectivity index (χ0v) is 18.3. The highest BCUT2D eigenvalue weighted by Crippen LogP contribution is 2.30. The van der Waals surface area contributed by atoms with Gasteiger partial charge in [-0.25, -0.2) is 9.37 Å². The lowest BCUT2D eigenvalue weighted by molar-refractivity contribution is -0.117. The summed E-state index contributed by atoms with van der Waals surface area (Å²) in [6.45, 7) is 3.35. The van der Waals surface area contributed by atoms with E-state index in [0.717, 1.165) is 42.6 Å². The fourth-order valence-corrected chi connectivity index (χ4v) is 4.49. The molecule has 0 radical (unpaired) electrons. The lowest BCUT2D eigenvalue weighted by Gasteiger charge is -2.34. The van der Waals surface area contributed by atoms with E-state index in [9.17, 15) is 9.18 Å². The second kappa shape index (κ2) is 9.31. The number of halogens is 3. The quantitative estimate of drug-likeness (QED) is 0.575. The van der Waals surface area contributed by atoms with Gasteiger partial charge in [-0.1, -0.05) is 29.3 Å². The first-order valence-corrected chi connectivity index (χ1v) is 11.1. The molecule has 3 aromatic rings. The summed E-state index contributed by atoms with van der Waals surface area (Å²) in [6.07, 6.45) is 0. The third-order valence-electron chi connectivity index (χ3n) is 4.87. The molecule has 156 valence electrons. The topological polar surface area (TPSA) is 48.5 Å². The molecule has 1 aliphatic heterocycles. The highest BCUT2D eigenvalue weighted by Gasteiger charge is 2.21. The molecule has 0 bridgehead atoms. The molecule has 0 aliphatic carbocycles. The van der Waals surface area contributed by atoms with Gasteiger partial charge in [0.05, 0.1) is 28.0 Å². The molecule has 1 aliphatic rings. The van der Waals surface area contributed by atoms with Crippen LogP contribution in [0.3, 0.4) is 0 Å². The first kappa shape index (κ1) is 21.1. The van der Waals surface area contributed by atoms with Crippen LogP contribution in [0.25, 0.3) is 11.3 Å². The van der Waals surface area contributed by atoms with E-state index in [1.54, 1.807) is 41.7 Å². The molecule has 1 amide bonds. The van der Waals surface area contributed by atoms with Crippen molar-refractivity contribution in [2.24, 2.45) is 0 Å². The molecule has 30 heavy (non-hydrogen) atoms. The van der Waals surface area contributed by atoms with Gasteiger partial charge >= 0.3 is 0 Å². The van der Waals surface area contributed by atoms with Crippen LogP contribution in [0.5, 0.6) is 0 Å². The second-order valence-corrected chi connectivity index (χ2v) is 8.56. The number of benzene rings is 2. The Morgan fingerprint density at radius 1 is 1.10 bits per heavy atom. The predicted octanol–water partition coefficient (Wildman–Crippen LogP) is 5.02. The third-order valence-corrected chi connectivity index (χ3v) is 6.59. The zero-order valence-electron chi connectivity index (χ0n) is 15.9. The van der Waals surface area contributed by atoms with Crippen LogP contribution in [0.2, 0.25) is 10.0 Å². The smallest absolute Gasteiger partial charge is 0.238 e. The van der Waals surface area contributed by atoms with Crippen molar-refractivity contribution in [2.45, 2.75) is 0 Å². The average molecular weight is 465 g/mol. The van der Waals surface area contributed by atoms with Gasteiger partial charge in [-0.2, -0.15) is 0 Å². The molecular formula is C21H19Cl2FN4OS. The molecule has 2 aromatic carbocycles. The number of hydrogen-bond donors (Lipinski definition) is 1. The summed E-state index contributed by atoms with van der Waals surface area (Å²) in [5.74, 6) is -0.382. The second-order valence-electron chi connectivity index (χ2n) is 6.93. The average Bonchev–Trinajstić information content (AvgIpc) is 3.23. The zero-order chi connectivity index (χ0) is 21.1. The number of thiazole rings is 1. The molecule has 4 rings (SSSR count). The van der Waals surface area contributed by atoms with Crippen LogP contribution in [-0.2, 0) is 4.79 Å². The lowest BCUT2D eigenvalue weighted by Crippen LogP contribution is -2.48. The van der Waals surface area contributed by atoms with Crippen LogP contribution in [0.4, 0.5) is 15.2 Å². The van der Waals surface area contributed by atoms with Crippen molar-refractivity contribution in [3.05, 3.63) is 63.7 Å². The van der Waals surface area contributed by atoms with Crippen molar-refractivity contribution in [1.82, 2.24) is 9.88 Å². The summed E-state index contributed by atoms with van der Waals surface area (Å²) < 4.78 is 13.1. The molecule has 9 heteroatoms. The van der Waals surface area contributed by atoms with Crippen molar-refractivity contribution < 1.29 is 9.18 Å². The lowest BCUT2D eigenvalue weighted by atomic mass is 10.2. The number of piperazine rings is 1. The van der Waals surface area contributed by atoms with Gasteiger partial charge in [0.2, 0.25) is 5.91 Å². The Labute approximate surface area is 188 Å². The summed E-state index contributed by atoms with van der Waals surface area (Å²) >= 11 is 13.7. The molecule has 0 unspecified atom stereocenters. The molecule has 5 nitrogen and oxygen atoms in total. The Bertz CT molecular complexity index is 1040. The molecule has 0 atom stereocenters. The van der Waals surface area contributed by atoms with Gasteiger partial charge in [-0.15, -0.1) is 11.3 Å². The normalized spacial score (nSPS) is 14.7. The van der Waals surface area contributed by atoms with Gasteiger partial charge in [0.1, 0.15) is 5.82 Å². The first-order valence-electron chi connectivity index (χ1n) is 9.42. The maximum atomic E-state index is 13.1. The van der Waals surface area contributed by atoms with Gasteiger partial charge in [0.15, 0.2) is 5.13 Å². The van der Waals surface area contributed by atoms with E-state index in [1.165, 1.54) is 12.1 Å². The van der Waals surface area contributed by atoms with Crippen molar-refractivity contribution >= 4 is 51.3 Å². The Morgan fingerprint density at radius 2 is 1.83 bits per heavy atom. The number of anilines is 2. The van der Waals surface area contributed by atoms with E-state index >= 15 is 0 Å². The van der Waals surface area contributed by atoms with E-state index in [-0.39, 0.29) is 18.3 Å². The summed E-state index contributed by atoms with van der Waals surface area (Å²) in [5, 5.41) is 6.49. The van der Waals surface area contributed by atoms with Crippen molar-refractivity contribution in [2.75, 3.05) is 42.9 Å². The number of nitrogens with zero attached hydrogens (tertiary/aromatic N) is 3. The monoisotopic (exact) mass is 464 g/mol. The Hall–Kier alpha value is -2.19. The van der Waals surface area contributed by atoms with Gasteiger partial charge < -0.3 is 10.2 Å². The molecule has 1 aromatic heterocycles. The predicted molar refractivity (Wildman–Crippen MR) is 121 cm³/mol. The van der Waals surface area contributed by atoms with Crippen LogP contribution in [-0.4, -0.2) is 48.5 Å². The number of nitrogens with one attached hydrogen (secondary N) is 1. The maximum absolute atomic E-state index is 13.1. The van der Waals surface area contributed by atoms with Crippen molar-refractivity contribution in [1.29, 1.82) is 0 Å². The van der Waals surface area contributed by atoms with E-state index in [2.05, 4.69) is 15.1 Å². The molecule has 1 N–H and O–H groups in total. The van der Waals surface area contributed by atoms with Gasteiger partial charge in [0, 0.05) is 37.1 Å². The van der Waals surface area contributed by atoms with Crippen LogP contribution in [0.15, 0.2) is 47.8 Å². The molecular weight excluding hydrogens is 446 g/mol. The minimum Gasteiger partial charge on any atom is -0.346 e. The molecule has 2 heterocycles. The largest absolute Gasteiger partial charge is 0.346 e. The minimum atomic E-state index is -0.257. The highest BCUT2D eigenvalue weighted by atomic mass is 35.5. The van der Waals surface area contributed by atoms with Crippen LogP contribution < -0.4 is 10.2 Å². The fraction of sp³-hybridized carbons (Fsp3) is 0.238. The molecule has 0 spiro atoms. The number of hydrogen-bond acceptors (Lipinski definition) is 5. The Balaban J connectivity index is 1.30. The van der Waals surface area contributed by atoms with Crippen molar-refractivity contribution in [3.63, 3.8) is 0 Å². The molecule has 1 fully saturated rings. The van der Waals surface area contributed by atoms with Crippen molar-refractivity contribution in [3.8, 4) is 11.3 Å². The standard InChI is InChI=1S/C21H19Cl2FN4OS/c22-16-2-1-3-17(20(16)23)25-19(29)12-27-8-10-28(11-9-27)21-26-18(13-30-21)14-4-6-15(24)7-5-14/h1-7,13H,8-12H2,(H,25,29). The SMILES string of the molecule is O=C(CN1CCN(c2nc(-c3ccc(F)cc3)cs2)CC1)Nc1cccc(Cl)c1Cl. The fourth-order valence-electron chi connectivity index (χ4n) is 3.25. The van der Waals surface area contributed by atoms with E-state index in [1.807, 2.05) is 5.38 Å². The summed E-state index contributed by atoms with van der Waals surface area (Å²) in [4.78, 5) is 21.4. The number of amides is 1. The third kappa shape index (κ3) is 4.92. The van der Waals surface area contributed by atoms with Gasteiger partial charge in [0.25, 0.3) is 0 Å². The minimum absolute atomic E-state index is 0.125. The number of aromatic nitrogens is 1. The Morgan fingerprint density at radius 3 is 2.57 bits per heavy atom. The number of carbonyl (C=O) groups excluding carboxylic acids is 1. The summed E-state index contributed by atoms with van der Waals surface area (Å²) in [7, 11) is 0. The van der Waals surface area contributed by atoms with E-state index in [4.69, 9.17) is 28.2 Å².